The number of nitrogens with zero attached hydrogens (tertiary/aromatic N) is 4. The zero-order valence-electron chi connectivity index (χ0n) is 15.4. The number of aromatic nitrogens is 4. The molecule has 4 rings (SSSR count). The van der Waals surface area contributed by atoms with Crippen molar-refractivity contribution < 1.29 is 13.9 Å². The van der Waals surface area contributed by atoms with Crippen LogP contribution in [-0.4, -0.2) is 44.1 Å². The highest BCUT2D eigenvalue weighted by atomic mass is 19.1. The molecule has 1 aliphatic rings. The molecule has 8 heteroatoms. The van der Waals surface area contributed by atoms with E-state index in [0.717, 1.165) is 23.5 Å². The lowest BCUT2D eigenvalue weighted by Crippen LogP contribution is -2.29. The Hall–Kier alpha value is -3.29. The second-order valence-electron chi connectivity index (χ2n) is 6.82. The summed E-state index contributed by atoms with van der Waals surface area (Å²) in [5.74, 6) is -0.170. The van der Waals surface area contributed by atoms with Crippen LogP contribution in [0.2, 0.25) is 0 Å². The van der Waals surface area contributed by atoms with Gasteiger partial charge in [0, 0.05) is 25.2 Å². The van der Waals surface area contributed by atoms with Crippen molar-refractivity contribution in [1.29, 1.82) is 0 Å². The van der Waals surface area contributed by atoms with E-state index in [9.17, 15) is 9.18 Å². The van der Waals surface area contributed by atoms with Crippen molar-refractivity contribution in [1.82, 2.24) is 25.1 Å². The number of benzene rings is 1. The lowest BCUT2D eigenvalue weighted by molar-refractivity contribution is 0.0784. The number of carbonyl (C=O) groups excluding carboxylic acids is 1. The molecule has 1 saturated heterocycles. The van der Waals surface area contributed by atoms with E-state index in [-0.39, 0.29) is 24.2 Å². The minimum Gasteiger partial charge on any atom is -0.484 e. The van der Waals surface area contributed by atoms with E-state index in [1.54, 1.807) is 29.3 Å². The van der Waals surface area contributed by atoms with E-state index in [4.69, 9.17) is 4.74 Å². The summed E-state index contributed by atoms with van der Waals surface area (Å²) in [6, 6.07) is 8.19. The van der Waals surface area contributed by atoms with E-state index in [1.165, 1.54) is 12.3 Å². The molecular weight excluding hydrogens is 361 g/mol. The molecule has 0 bridgehead atoms. The molecule has 144 valence electrons. The summed E-state index contributed by atoms with van der Waals surface area (Å²) in [6.45, 7) is 3.25. The number of hydrogen-bond acceptors (Lipinski definition) is 5. The number of likely N-dealkylation sites (tertiary alicyclic amines) is 1. The van der Waals surface area contributed by atoms with Gasteiger partial charge in [-0.2, -0.15) is 5.10 Å². The molecule has 3 aromatic rings. The maximum Gasteiger partial charge on any atom is 0.274 e. The van der Waals surface area contributed by atoms with Crippen LogP contribution in [0.1, 0.15) is 39.9 Å². The van der Waals surface area contributed by atoms with Crippen LogP contribution in [0.15, 0.2) is 42.7 Å². The van der Waals surface area contributed by atoms with Crippen LogP contribution in [0.25, 0.3) is 0 Å². The number of rotatable bonds is 5. The van der Waals surface area contributed by atoms with Crippen molar-refractivity contribution in [2.24, 2.45) is 0 Å². The first-order valence-corrected chi connectivity index (χ1v) is 9.09. The summed E-state index contributed by atoms with van der Waals surface area (Å²) in [6.07, 6.45) is 3.93. The summed E-state index contributed by atoms with van der Waals surface area (Å²) in [4.78, 5) is 22.6. The van der Waals surface area contributed by atoms with Gasteiger partial charge in [0.15, 0.2) is 11.6 Å². The van der Waals surface area contributed by atoms with Gasteiger partial charge in [-0.05, 0) is 31.5 Å². The highest BCUT2D eigenvalue weighted by molar-refractivity contribution is 5.92. The molecule has 1 fully saturated rings. The third kappa shape index (κ3) is 3.85. The third-order valence-corrected chi connectivity index (χ3v) is 4.76. The molecule has 1 aromatic carbocycles. The third-order valence-electron chi connectivity index (χ3n) is 4.76. The number of H-pyrrole nitrogens is 1. The second-order valence-corrected chi connectivity index (χ2v) is 6.82. The van der Waals surface area contributed by atoms with Crippen LogP contribution in [0.3, 0.4) is 0 Å². The van der Waals surface area contributed by atoms with E-state index in [0.29, 0.717) is 18.8 Å². The molecule has 1 amide bonds. The summed E-state index contributed by atoms with van der Waals surface area (Å²) < 4.78 is 19.1. The van der Waals surface area contributed by atoms with E-state index in [1.807, 2.05) is 13.0 Å². The maximum atomic E-state index is 13.6. The highest BCUT2D eigenvalue weighted by Crippen LogP contribution is 2.27. The summed E-state index contributed by atoms with van der Waals surface area (Å²) in [7, 11) is 0. The second kappa shape index (κ2) is 7.75. The van der Waals surface area contributed by atoms with Crippen molar-refractivity contribution in [3.8, 4) is 5.75 Å². The number of para-hydroxylation sites is 1. The average Bonchev–Trinajstić information content (AvgIpc) is 3.37. The molecule has 0 aliphatic carbocycles. The Morgan fingerprint density at radius 2 is 2.18 bits per heavy atom. The van der Waals surface area contributed by atoms with Crippen molar-refractivity contribution in [2.75, 3.05) is 13.1 Å². The summed E-state index contributed by atoms with van der Waals surface area (Å²) >= 11 is 0. The topological polar surface area (TPSA) is 84.0 Å². The number of hydrogen-bond donors (Lipinski definition) is 1. The van der Waals surface area contributed by atoms with Gasteiger partial charge >= 0.3 is 0 Å². The molecule has 0 saturated carbocycles. The monoisotopic (exact) mass is 381 g/mol. The Kier molecular flexibility index (Phi) is 5.01. The lowest BCUT2D eigenvalue weighted by Gasteiger charge is -2.15. The fourth-order valence-electron chi connectivity index (χ4n) is 3.23. The van der Waals surface area contributed by atoms with Gasteiger partial charge in [-0.1, -0.05) is 12.1 Å². The van der Waals surface area contributed by atoms with Gasteiger partial charge in [0.1, 0.15) is 12.3 Å². The predicted octanol–water partition coefficient (Wildman–Crippen LogP) is 2.86. The fraction of sp³-hybridized carbons (Fsp3) is 0.300. The quantitative estimate of drug-likeness (QED) is 0.735. The van der Waals surface area contributed by atoms with Crippen LogP contribution in [0.4, 0.5) is 4.39 Å². The molecule has 1 aliphatic heterocycles. The van der Waals surface area contributed by atoms with E-state index >= 15 is 0 Å². The molecule has 28 heavy (non-hydrogen) atoms. The first kappa shape index (κ1) is 18.1. The minimum absolute atomic E-state index is 0.117. The highest BCUT2D eigenvalue weighted by Gasteiger charge is 2.30. The number of aryl methyl sites for hydroxylation is 1. The smallest absolute Gasteiger partial charge is 0.274 e. The van der Waals surface area contributed by atoms with Crippen LogP contribution in [-0.2, 0) is 6.61 Å². The molecule has 0 radical (unpaired) electrons. The van der Waals surface area contributed by atoms with Gasteiger partial charge in [-0.15, -0.1) is 0 Å². The number of aromatic amines is 1. The van der Waals surface area contributed by atoms with Gasteiger partial charge in [0.25, 0.3) is 5.91 Å². The van der Waals surface area contributed by atoms with Gasteiger partial charge in [0.2, 0.25) is 0 Å². The largest absolute Gasteiger partial charge is 0.484 e. The van der Waals surface area contributed by atoms with Crippen molar-refractivity contribution in [2.45, 2.75) is 25.9 Å². The maximum absolute atomic E-state index is 13.6. The number of halogens is 1. The first-order valence-electron chi connectivity index (χ1n) is 9.09. The van der Waals surface area contributed by atoms with Crippen LogP contribution >= 0.6 is 0 Å². The lowest BCUT2D eigenvalue weighted by atomic mass is 10.1. The Balaban J connectivity index is 1.36. The molecular formula is C20H20FN5O2. The number of amides is 1. The van der Waals surface area contributed by atoms with E-state index < -0.39 is 5.82 Å². The van der Waals surface area contributed by atoms with Gasteiger partial charge in [0.05, 0.1) is 23.3 Å². The Morgan fingerprint density at radius 3 is 2.96 bits per heavy atom. The first-order chi connectivity index (χ1) is 13.6. The van der Waals surface area contributed by atoms with E-state index in [2.05, 4.69) is 20.2 Å². The Bertz CT molecular complexity index is 973. The summed E-state index contributed by atoms with van der Waals surface area (Å²) in [5, 5.41) is 7.28. The molecule has 2 aromatic heterocycles. The fourth-order valence-corrected chi connectivity index (χ4v) is 3.23. The standard InChI is InChI=1S/C20H20FN5O2/c1-13-9-23-18(10-22-13)20(27)26-7-6-14(11-26)17-8-15(24-25-17)12-28-19-5-3-2-4-16(19)21/h2-5,8-10,14H,6-7,11-12H2,1H3,(H,24,25). The SMILES string of the molecule is Cc1cnc(C(=O)N2CCC(c3cc(COc4ccccc4F)[nH]n3)C2)cn1. The van der Waals surface area contributed by atoms with Gasteiger partial charge in [-0.25, -0.2) is 9.37 Å². The molecule has 0 spiro atoms. The number of carbonyl (C=O) groups is 1. The minimum atomic E-state index is -0.397. The average molecular weight is 381 g/mol. The molecule has 1 atom stereocenters. The molecule has 3 heterocycles. The van der Waals surface area contributed by atoms with Crippen LogP contribution < -0.4 is 4.74 Å². The zero-order valence-corrected chi connectivity index (χ0v) is 15.4. The molecule has 1 N–H and O–H groups in total. The normalized spacial score (nSPS) is 16.4. The van der Waals surface area contributed by atoms with Crippen molar-refractivity contribution >= 4 is 5.91 Å². The van der Waals surface area contributed by atoms with Crippen molar-refractivity contribution in [3.63, 3.8) is 0 Å². The molecule has 7 nitrogen and oxygen atoms in total. The van der Waals surface area contributed by atoms with Crippen molar-refractivity contribution in [3.05, 3.63) is 71.3 Å². The summed E-state index contributed by atoms with van der Waals surface area (Å²) in [5.41, 5.74) is 2.76. The zero-order chi connectivity index (χ0) is 19.5. The Labute approximate surface area is 161 Å². The number of ether oxygens (including phenoxy) is 1. The molecule has 1 unspecified atom stereocenters. The number of nitrogens with one attached hydrogen (secondary N) is 1. The Morgan fingerprint density at radius 1 is 1.32 bits per heavy atom. The van der Waals surface area contributed by atoms with Gasteiger partial charge < -0.3 is 9.64 Å². The van der Waals surface area contributed by atoms with Crippen LogP contribution in [0, 0.1) is 12.7 Å². The van der Waals surface area contributed by atoms with Gasteiger partial charge in [-0.3, -0.25) is 14.9 Å². The predicted molar refractivity (Wildman–Crippen MR) is 99.4 cm³/mol. The van der Waals surface area contributed by atoms with Crippen LogP contribution in [0.5, 0.6) is 5.75 Å².